The number of carbonyl (C=O) groups is 2. The van der Waals surface area contributed by atoms with Crippen LogP contribution in [0.5, 0.6) is 0 Å². The van der Waals surface area contributed by atoms with Crippen LogP contribution in [0.4, 0.5) is 0 Å². The van der Waals surface area contributed by atoms with Crippen molar-refractivity contribution in [3.05, 3.63) is 35.9 Å². The van der Waals surface area contributed by atoms with E-state index in [1.165, 1.54) is 0 Å². The zero-order valence-corrected chi connectivity index (χ0v) is 14.0. The van der Waals surface area contributed by atoms with E-state index in [9.17, 15) is 9.59 Å². The quantitative estimate of drug-likeness (QED) is 0.837. The molecule has 0 bridgehead atoms. The molecule has 1 aromatic carbocycles. The zero-order chi connectivity index (χ0) is 16.7. The molecular formula is C18H26N2O3. The average molecular weight is 318 g/mol. The van der Waals surface area contributed by atoms with Gasteiger partial charge in [-0.25, -0.2) is 0 Å². The Kier molecular flexibility index (Phi) is 6.59. The summed E-state index contributed by atoms with van der Waals surface area (Å²) in [6.45, 7) is 5.33. The molecule has 2 amide bonds. The molecule has 0 aromatic heterocycles. The summed E-state index contributed by atoms with van der Waals surface area (Å²) in [7, 11) is 0. The molecule has 1 N–H and O–H groups in total. The second-order valence-corrected chi connectivity index (χ2v) is 5.92. The summed E-state index contributed by atoms with van der Waals surface area (Å²) in [6.07, 6.45) is 2.52. The van der Waals surface area contributed by atoms with E-state index in [4.69, 9.17) is 4.74 Å². The van der Waals surface area contributed by atoms with Gasteiger partial charge in [-0.3, -0.25) is 9.59 Å². The highest BCUT2D eigenvalue weighted by Gasteiger charge is 2.26. The fraction of sp³-hybridized carbons (Fsp3) is 0.556. The first-order valence-electron chi connectivity index (χ1n) is 8.34. The van der Waals surface area contributed by atoms with Gasteiger partial charge < -0.3 is 15.0 Å². The molecule has 1 aliphatic rings. The first-order chi connectivity index (χ1) is 11.1. The van der Waals surface area contributed by atoms with Gasteiger partial charge in [-0.2, -0.15) is 0 Å². The van der Waals surface area contributed by atoms with Crippen molar-refractivity contribution >= 4 is 11.8 Å². The lowest BCUT2D eigenvalue weighted by Crippen LogP contribution is -2.48. The van der Waals surface area contributed by atoms with Crippen molar-refractivity contribution in [2.45, 2.75) is 51.8 Å². The lowest BCUT2D eigenvalue weighted by molar-refractivity contribution is -0.140. The van der Waals surface area contributed by atoms with Crippen LogP contribution in [0.15, 0.2) is 30.3 Å². The fourth-order valence-corrected chi connectivity index (χ4v) is 2.73. The molecule has 5 nitrogen and oxygen atoms in total. The standard InChI is InChI=1S/C18H26N2O3/c1-3-17(21)20(13-15-8-5-4-6-9-15)14(2)18(22)19-12-16-10-7-11-23-16/h4-6,8-9,14,16H,3,7,10-13H2,1-2H3,(H,19,22)/t14-,16-/m1/s1. The third-order valence-electron chi connectivity index (χ3n) is 4.19. The molecule has 1 fully saturated rings. The maximum Gasteiger partial charge on any atom is 0.242 e. The monoisotopic (exact) mass is 318 g/mol. The lowest BCUT2D eigenvalue weighted by Gasteiger charge is -2.28. The maximum atomic E-state index is 12.4. The van der Waals surface area contributed by atoms with E-state index in [0.717, 1.165) is 25.0 Å². The molecule has 2 rings (SSSR count). The highest BCUT2D eigenvalue weighted by molar-refractivity contribution is 5.87. The second kappa shape index (κ2) is 8.67. The Morgan fingerprint density at radius 3 is 2.70 bits per heavy atom. The highest BCUT2D eigenvalue weighted by Crippen LogP contribution is 2.12. The van der Waals surface area contributed by atoms with E-state index in [1.807, 2.05) is 37.3 Å². The van der Waals surface area contributed by atoms with Crippen LogP contribution in [0.25, 0.3) is 0 Å². The molecule has 1 aliphatic heterocycles. The number of carbonyl (C=O) groups excluding carboxylic acids is 2. The van der Waals surface area contributed by atoms with Crippen LogP contribution in [-0.2, 0) is 20.9 Å². The molecule has 23 heavy (non-hydrogen) atoms. The van der Waals surface area contributed by atoms with Crippen molar-refractivity contribution in [3.8, 4) is 0 Å². The number of rotatable bonds is 7. The van der Waals surface area contributed by atoms with Crippen LogP contribution >= 0.6 is 0 Å². The van der Waals surface area contributed by atoms with Crippen molar-refractivity contribution in [1.29, 1.82) is 0 Å². The Morgan fingerprint density at radius 2 is 2.09 bits per heavy atom. The summed E-state index contributed by atoms with van der Waals surface area (Å²) in [5.74, 6) is -0.146. The summed E-state index contributed by atoms with van der Waals surface area (Å²) in [6, 6.07) is 9.25. The normalized spacial score (nSPS) is 18.4. The maximum absolute atomic E-state index is 12.4. The highest BCUT2D eigenvalue weighted by atomic mass is 16.5. The summed E-state index contributed by atoms with van der Waals surface area (Å²) in [4.78, 5) is 26.3. The van der Waals surface area contributed by atoms with Gasteiger partial charge in [-0.05, 0) is 25.3 Å². The van der Waals surface area contributed by atoms with Gasteiger partial charge in [-0.1, -0.05) is 37.3 Å². The minimum Gasteiger partial charge on any atom is -0.376 e. The predicted molar refractivity (Wildman–Crippen MR) is 88.7 cm³/mol. The molecule has 1 saturated heterocycles. The SMILES string of the molecule is CCC(=O)N(Cc1ccccc1)[C@H](C)C(=O)NC[C@H]1CCCO1. The Balaban J connectivity index is 1.96. The Morgan fingerprint density at radius 1 is 1.35 bits per heavy atom. The van der Waals surface area contributed by atoms with E-state index in [1.54, 1.807) is 11.8 Å². The fourth-order valence-electron chi connectivity index (χ4n) is 2.73. The van der Waals surface area contributed by atoms with Crippen molar-refractivity contribution in [2.24, 2.45) is 0 Å². The largest absolute Gasteiger partial charge is 0.376 e. The Hall–Kier alpha value is -1.88. The topological polar surface area (TPSA) is 58.6 Å². The number of amides is 2. The average Bonchev–Trinajstić information content (AvgIpc) is 3.10. The second-order valence-electron chi connectivity index (χ2n) is 5.92. The van der Waals surface area contributed by atoms with Crippen molar-refractivity contribution < 1.29 is 14.3 Å². The van der Waals surface area contributed by atoms with Gasteiger partial charge in [0.1, 0.15) is 6.04 Å². The third kappa shape index (κ3) is 5.06. The number of hydrogen-bond acceptors (Lipinski definition) is 3. The minimum atomic E-state index is -0.496. The lowest BCUT2D eigenvalue weighted by atomic mass is 10.1. The van der Waals surface area contributed by atoms with E-state index < -0.39 is 6.04 Å². The van der Waals surface area contributed by atoms with Crippen molar-refractivity contribution in [1.82, 2.24) is 10.2 Å². The van der Waals surface area contributed by atoms with Crippen LogP contribution in [0.2, 0.25) is 0 Å². The van der Waals surface area contributed by atoms with E-state index in [2.05, 4.69) is 5.32 Å². The number of hydrogen-bond donors (Lipinski definition) is 1. The number of nitrogens with zero attached hydrogens (tertiary/aromatic N) is 1. The smallest absolute Gasteiger partial charge is 0.242 e. The summed E-state index contributed by atoms with van der Waals surface area (Å²) >= 11 is 0. The van der Waals surface area contributed by atoms with E-state index >= 15 is 0 Å². The molecule has 0 saturated carbocycles. The van der Waals surface area contributed by atoms with Gasteiger partial charge in [0.2, 0.25) is 11.8 Å². The summed E-state index contributed by atoms with van der Waals surface area (Å²) in [5, 5.41) is 2.91. The molecule has 0 radical (unpaired) electrons. The van der Waals surface area contributed by atoms with E-state index in [0.29, 0.717) is 19.5 Å². The first-order valence-corrected chi connectivity index (χ1v) is 8.34. The first kappa shape index (κ1) is 17.5. The van der Waals surface area contributed by atoms with Gasteiger partial charge in [-0.15, -0.1) is 0 Å². The third-order valence-corrected chi connectivity index (χ3v) is 4.19. The van der Waals surface area contributed by atoms with Crippen LogP contribution in [0, 0.1) is 0 Å². The summed E-state index contributed by atoms with van der Waals surface area (Å²) < 4.78 is 5.51. The Bertz CT molecular complexity index is 512. The zero-order valence-electron chi connectivity index (χ0n) is 14.0. The Labute approximate surface area is 138 Å². The van der Waals surface area contributed by atoms with Gasteiger partial charge in [0.25, 0.3) is 0 Å². The summed E-state index contributed by atoms with van der Waals surface area (Å²) in [5.41, 5.74) is 1.02. The molecule has 5 heteroatoms. The number of nitrogens with one attached hydrogen (secondary N) is 1. The van der Waals surface area contributed by atoms with Crippen LogP contribution in [-0.4, -0.2) is 42.0 Å². The molecule has 1 heterocycles. The van der Waals surface area contributed by atoms with Gasteiger partial charge in [0, 0.05) is 26.1 Å². The van der Waals surface area contributed by atoms with Crippen molar-refractivity contribution in [2.75, 3.05) is 13.2 Å². The van der Waals surface area contributed by atoms with Gasteiger partial charge in [0.05, 0.1) is 6.10 Å². The minimum absolute atomic E-state index is 0.0198. The molecular weight excluding hydrogens is 292 g/mol. The predicted octanol–water partition coefficient (Wildman–Crippen LogP) is 2.11. The number of benzene rings is 1. The number of ether oxygens (including phenoxy) is 1. The van der Waals surface area contributed by atoms with Gasteiger partial charge >= 0.3 is 0 Å². The van der Waals surface area contributed by atoms with Crippen LogP contribution in [0.3, 0.4) is 0 Å². The molecule has 0 spiro atoms. The van der Waals surface area contributed by atoms with Gasteiger partial charge in [0.15, 0.2) is 0 Å². The van der Waals surface area contributed by atoms with Crippen LogP contribution in [0.1, 0.15) is 38.7 Å². The van der Waals surface area contributed by atoms with Crippen LogP contribution < -0.4 is 5.32 Å². The molecule has 2 atom stereocenters. The molecule has 126 valence electrons. The molecule has 1 aromatic rings. The van der Waals surface area contributed by atoms with Crippen molar-refractivity contribution in [3.63, 3.8) is 0 Å². The molecule has 0 aliphatic carbocycles. The van der Waals surface area contributed by atoms with E-state index in [-0.39, 0.29) is 17.9 Å². The molecule has 0 unspecified atom stereocenters.